The Morgan fingerprint density at radius 2 is 2.12 bits per heavy atom. The number of halogens is 3. The van der Waals surface area contributed by atoms with Gasteiger partial charge in [0.25, 0.3) is 0 Å². The number of aromatic amines is 1. The van der Waals surface area contributed by atoms with Gasteiger partial charge in [0.2, 0.25) is 5.75 Å². The fourth-order valence-electron chi connectivity index (χ4n) is 1.03. The van der Waals surface area contributed by atoms with Crippen molar-refractivity contribution in [1.82, 2.24) is 4.98 Å². The second kappa shape index (κ2) is 4.41. The Labute approximate surface area is 90.6 Å². The molecule has 0 spiro atoms. The molecule has 0 fully saturated rings. The first-order valence-electron chi connectivity index (χ1n) is 4.02. The average molecular weight is 254 g/mol. The van der Waals surface area contributed by atoms with Gasteiger partial charge in [0.15, 0.2) is 0 Å². The maximum atomic E-state index is 11.9. The number of aliphatic hydroxyl groups is 1. The summed E-state index contributed by atoms with van der Waals surface area (Å²) in [6.07, 6.45) is -5.13. The number of hydrogen-bond acceptors (Lipinski definition) is 5. The van der Waals surface area contributed by atoms with Crippen LogP contribution in [0.25, 0.3) is 0 Å². The standard InChI is InChI=1S/C7H5F3N2O5/c8-7(9,10)17-5-3(2-13)1-4(12(15)16)11-6(5)14/h1,13H,2H2,(H,11,14). The minimum absolute atomic E-state index is 0.586. The van der Waals surface area contributed by atoms with Gasteiger partial charge in [0.1, 0.15) is 0 Å². The van der Waals surface area contributed by atoms with Gasteiger partial charge >= 0.3 is 17.7 Å². The maximum absolute atomic E-state index is 11.9. The highest BCUT2D eigenvalue weighted by molar-refractivity contribution is 5.37. The second-order valence-corrected chi connectivity index (χ2v) is 2.80. The van der Waals surface area contributed by atoms with E-state index in [1.54, 1.807) is 4.98 Å². The molecule has 10 heteroatoms. The molecule has 0 aliphatic carbocycles. The fourth-order valence-corrected chi connectivity index (χ4v) is 1.03. The molecule has 0 saturated heterocycles. The molecule has 0 radical (unpaired) electrons. The summed E-state index contributed by atoms with van der Waals surface area (Å²) >= 11 is 0. The van der Waals surface area contributed by atoms with Crippen LogP contribution in [0.1, 0.15) is 5.56 Å². The minimum Gasteiger partial charge on any atom is -0.397 e. The van der Waals surface area contributed by atoms with Gasteiger partial charge in [-0.3, -0.25) is 0 Å². The van der Waals surface area contributed by atoms with Crippen LogP contribution < -0.4 is 10.3 Å². The molecular formula is C7H5F3N2O5. The van der Waals surface area contributed by atoms with Gasteiger partial charge in [-0.05, 0) is 4.92 Å². The molecule has 1 aromatic rings. The van der Waals surface area contributed by atoms with Gasteiger partial charge in [-0.1, -0.05) is 0 Å². The van der Waals surface area contributed by atoms with E-state index in [0.29, 0.717) is 6.07 Å². The fraction of sp³-hybridized carbons (Fsp3) is 0.286. The zero-order valence-corrected chi connectivity index (χ0v) is 7.95. The summed E-state index contributed by atoms with van der Waals surface area (Å²) in [6.45, 7) is -1.00. The number of aliphatic hydroxyl groups excluding tert-OH is 1. The zero-order valence-electron chi connectivity index (χ0n) is 7.95. The van der Waals surface area contributed by atoms with Crippen LogP contribution in [0.4, 0.5) is 19.0 Å². The molecule has 0 atom stereocenters. The molecule has 0 unspecified atom stereocenters. The average Bonchev–Trinajstić information content (AvgIpc) is 2.18. The summed E-state index contributed by atoms with van der Waals surface area (Å²) < 4.78 is 39.1. The first-order chi connectivity index (χ1) is 7.74. The van der Waals surface area contributed by atoms with Gasteiger partial charge in [0.05, 0.1) is 6.61 Å². The van der Waals surface area contributed by atoms with Crippen LogP contribution in [-0.2, 0) is 6.61 Å². The predicted octanol–water partition coefficient (Wildman–Crippen LogP) is 0.674. The number of nitrogens with one attached hydrogen (secondary N) is 1. The van der Waals surface area contributed by atoms with Crippen LogP contribution in [-0.4, -0.2) is 21.4 Å². The lowest BCUT2D eigenvalue weighted by atomic mass is 10.2. The SMILES string of the molecule is O=c1[nH]c([N+](=O)[O-])cc(CO)c1OC(F)(F)F. The summed E-state index contributed by atoms with van der Waals surface area (Å²) in [7, 11) is 0. The predicted molar refractivity (Wildman–Crippen MR) is 46.3 cm³/mol. The van der Waals surface area contributed by atoms with E-state index in [4.69, 9.17) is 5.11 Å². The number of H-pyrrole nitrogens is 1. The van der Waals surface area contributed by atoms with Crippen LogP contribution in [0.15, 0.2) is 10.9 Å². The smallest absolute Gasteiger partial charge is 0.397 e. The lowest BCUT2D eigenvalue weighted by molar-refractivity contribution is -0.389. The molecule has 0 aliphatic rings. The van der Waals surface area contributed by atoms with Crippen LogP contribution in [0, 0.1) is 10.1 Å². The highest BCUT2D eigenvalue weighted by atomic mass is 19.4. The largest absolute Gasteiger partial charge is 0.573 e. The monoisotopic (exact) mass is 254 g/mol. The van der Waals surface area contributed by atoms with E-state index in [1.165, 1.54) is 0 Å². The minimum atomic E-state index is -5.13. The van der Waals surface area contributed by atoms with Crippen molar-refractivity contribution in [1.29, 1.82) is 0 Å². The molecule has 0 aliphatic heterocycles. The Balaban J connectivity index is 3.32. The highest BCUT2D eigenvalue weighted by Crippen LogP contribution is 2.24. The summed E-state index contributed by atoms with van der Waals surface area (Å²) in [5.41, 5.74) is -2.07. The van der Waals surface area contributed by atoms with Crippen molar-refractivity contribution in [2.75, 3.05) is 0 Å². The van der Waals surface area contributed by atoms with Crippen molar-refractivity contribution >= 4 is 5.82 Å². The van der Waals surface area contributed by atoms with Crippen molar-refractivity contribution in [3.05, 3.63) is 32.1 Å². The van der Waals surface area contributed by atoms with E-state index in [1.807, 2.05) is 0 Å². The molecule has 1 rings (SSSR count). The summed E-state index contributed by atoms with van der Waals surface area (Å²) in [6, 6.07) is 0.586. The number of nitro groups is 1. The summed E-state index contributed by atoms with van der Waals surface area (Å²) in [4.78, 5) is 22.0. The Bertz CT molecular complexity index is 495. The van der Waals surface area contributed by atoms with E-state index >= 15 is 0 Å². The third-order valence-electron chi connectivity index (χ3n) is 1.64. The van der Waals surface area contributed by atoms with E-state index in [-0.39, 0.29) is 0 Å². The lowest BCUT2D eigenvalue weighted by Crippen LogP contribution is -2.24. The molecule has 0 amide bonds. The van der Waals surface area contributed by atoms with Gasteiger partial charge in [-0.25, -0.2) is 9.78 Å². The zero-order chi connectivity index (χ0) is 13.2. The van der Waals surface area contributed by atoms with E-state index < -0.39 is 40.6 Å². The van der Waals surface area contributed by atoms with Gasteiger partial charge < -0.3 is 20.0 Å². The molecule has 0 aromatic carbocycles. The van der Waals surface area contributed by atoms with Crippen molar-refractivity contribution in [2.45, 2.75) is 13.0 Å². The summed E-state index contributed by atoms with van der Waals surface area (Å²) in [5.74, 6) is -2.06. The number of alkyl halides is 3. The Morgan fingerprint density at radius 3 is 2.53 bits per heavy atom. The number of ether oxygens (including phenoxy) is 1. The molecular weight excluding hydrogens is 249 g/mol. The van der Waals surface area contributed by atoms with Crippen LogP contribution in [0.3, 0.4) is 0 Å². The van der Waals surface area contributed by atoms with Crippen molar-refractivity contribution in [2.24, 2.45) is 0 Å². The molecule has 1 aromatic heterocycles. The third kappa shape index (κ3) is 3.17. The maximum Gasteiger partial charge on any atom is 0.573 e. The highest BCUT2D eigenvalue weighted by Gasteiger charge is 2.34. The van der Waals surface area contributed by atoms with Crippen LogP contribution >= 0.6 is 0 Å². The number of rotatable bonds is 3. The van der Waals surface area contributed by atoms with E-state index in [0.717, 1.165) is 0 Å². The topological polar surface area (TPSA) is 105 Å². The molecule has 0 bridgehead atoms. The molecule has 7 nitrogen and oxygen atoms in total. The Morgan fingerprint density at radius 1 is 1.53 bits per heavy atom. The molecule has 2 N–H and O–H groups in total. The Kier molecular flexibility index (Phi) is 3.36. The van der Waals surface area contributed by atoms with Crippen molar-refractivity contribution in [3.8, 4) is 5.75 Å². The first kappa shape index (κ1) is 13.0. The number of nitrogens with zero attached hydrogens (tertiary/aromatic N) is 1. The number of aromatic nitrogens is 1. The molecule has 17 heavy (non-hydrogen) atoms. The molecule has 94 valence electrons. The van der Waals surface area contributed by atoms with Crippen molar-refractivity contribution < 1.29 is 27.9 Å². The van der Waals surface area contributed by atoms with Crippen LogP contribution in [0.2, 0.25) is 0 Å². The molecule has 1 heterocycles. The summed E-state index contributed by atoms with van der Waals surface area (Å²) in [5, 5.41) is 19.0. The number of hydrogen-bond donors (Lipinski definition) is 2. The van der Waals surface area contributed by atoms with Gasteiger partial charge in [-0.2, -0.15) is 0 Å². The quantitative estimate of drug-likeness (QED) is 0.609. The van der Waals surface area contributed by atoms with E-state index in [9.17, 15) is 28.1 Å². The lowest BCUT2D eigenvalue weighted by Gasteiger charge is -2.09. The Hall–Kier alpha value is -2.10. The second-order valence-electron chi connectivity index (χ2n) is 2.80. The van der Waals surface area contributed by atoms with E-state index in [2.05, 4.69) is 4.74 Å². The third-order valence-corrected chi connectivity index (χ3v) is 1.64. The van der Waals surface area contributed by atoms with Crippen molar-refractivity contribution in [3.63, 3.8) is 0 Å². The first-order valence-corrected chi connectivity index (χ1v) is 4.02. The molecule has 0 saturated carbocycles. The van der Waals surface area contributed by atoms with Crippen LogP contribution in [0.5, 0.6) is 5.75 Å². The normalized spacial score (nSPS) is 11.3. The van der Waals surface area contributed by atoms with Gasteiger partial charge in [0, 0.05) is 11.6 Å². The number of pyridine rings is 1. The van der Waals surface area contributed by atoms with Gasteiger partial charge in [-0.15, -0.1) is 13.2 Å².